The number of anilines is 1. The summed E-state index contributed by atoms with van der Waals surface area (Å²) in [5, 5.41) is 0. The van der Waals surface area contributed by atoms with Crippen molar-refractivity contribution in [1.29, 1.82) is 0 Å². The van der Waals surface area contributed by atoms with Gasteiger partial charge in [0.25, 0.3) is 0 Å². The van der Waals surface area contributed by atoms with Gasteiger partial charge in [-0.25, -0.2) is 9.59 Å². The Morgan fingerprint density at radius 2 is 1.31 bits per heavy atom. The minimum absolute atomic E-state index is 0.204. The Hall–Kier alpha value is -4.06. The highest BCUT2D eigenvalue weighted by Crippen LogP contribution is 2.39. The lowest BCUT2D eigenvalue weighted by Gasteiger charge is -2.47. The summed E-state index contributed by atoms with van der Waals surface area (Å²) in [5.41, 5.74) is 3.47. The lowest BCUT2D eigenvalue weighted by molar-refractivity contribution is -0.144. The zero-order valence-electron chi connectivity index (χ0n) is 20.1. The molecule has 0 bridgehead atoms. The summed E-state index contributed by atoms with van der Waals surface area (Å²) in [6, 6.07) is 29.8. The fourth-order valence-corrected chi connectivity index (χ4v) is 4.40. The second kappa shape index (κ2) is 11.4. The van der Waals surface area contributed by atoms with Crippen molar-refractivity contribution in [3.63, 3.8) is 0 Å². The lowest BCUT2D eigenvalue weighted by Crippen LogP contribution is -2.50. The van der Waals surface area contributed by atoms with E-state index < -0.39 is 11.9 Å². The maximum atomic E-state index is 13.4. The van der Waals surface area contributed by atoms with Gasteiger partial charge in [-0.3, -0.25) is 0 Å². The van der Waals surface area contributed by atoms with E-state index in [1.165, 1.54) is 0 Å². The Balaban J connectivity index is 1.95. The molecule has 0 spiro atoms. The molecule has 1 heterocycles. The van der Waals surface area contributed by atoms with Gasteiger partial charge in [-0.05, 0) is 37.1 Å². The monoisotopic (exact) mass is 470 g/mol. The maximum Gasteiger partial charge on any atom is 0.355 e. The predicted octanol–water partition coefficient (Wildman–Crippen LogP) is 5.09. The van der Waals surface area contributed by atoms with Crippen molar-refractivity contribution in [2.24, 2.45) is 0 Å². The van der Waals surface area contributed by atoms with E-state index in [4.69, 9.17) is 9.47 Å². The fourth-order valence-electron chi connectivity index (χ4n) is 4.40. The van der Waals surface area contributed by atoms with Gasteiger partial charge in [-0.1, -0.05) is 78.9 Å². The number of carbonyl (C=O) groups is 2. The summed E-state index contributed by atoms with van der Waals surface area (Å²) in [6.07, 6.45) is -0.351. The summed E-state index contributed by atoms with van der Waals surface area (Å²) in [4.78, 5) is 30.7. The molecule has 0 aromatic heterocycles. The quantitative estimate of drug-likeness (QED) is 0.428. The molecular weight excluding hydrogens is 440 g/mol. The molecule has 35 heavy (non-hydrogen) atoms. The Morgan fingerprint density at radius 3 is 1.91 bits per heavy atom. The van der Waals surface area contributed by atoms with Crippen LogP contribution in [0.5, 0.6) is 0 Å². The minimum Gasteiger partial charge on any atom is -0.463 e. The second-order valence-corrected chi connectivity index (χ2v) is 8.13. The Morgan fingerprint density at radius 1 is 0.771 bits per heavy atom. The van der Waals surface area contributed by atoms with E-state index in [-0.39, 0.29) is 37.2 Å². The Bertz CT molecular complexity index is 1160. The third-order valence-electron chi connectivity index (χ3n) is 5.86. The SMILES string of the molecule is CCOC(=O)C1=C(C(=O)OCC)N(Cc2ccccc2)C(c2ccccc2)N(c2ccccc2)C1. The Kier molecular flexibility index (Phi) is 7.83. The van der Waals surface area contributed by atoms with Crippen molar-refractivity contribution in [2.45, 2.75) is 26.6 Å². The fraction of sp³-hybridized carbons (Fsp3) is 0.241. The summed E-state index contributed by atoms with van der Waals surface area (Å²) in [6.45, 7) is 4.55. The molecule has 4 rings (SSSR count). The van der Waals surface area contributed by atoms with Crippen molar-refractivity contribution < 1.29 is 19.1 Å². The van der Waals surface area contributed by atoms with Gasteiger partial charge in [0.1, 0.15) is 11.9 Å². The van der Waals surface area contributed by atoms with Crippen molar-refractivity contribution in [2.75, 3.05) is 24.7 Å². The highest BCUT2D eigenvalue weighted by atomic mass is 16.5. The molecule has 0 amide bonds. The van der Waals surface area contributed by atoms with Crippen LogP contribution in [0.3, 0.4) is 0 Å². The van der Waals surface area contributed by atoms with Crippen LogP contribution in [0, 0.1) is 0 Å². The first-order valence-corrected chi connectivity index (χ1v) is 11.9. The molecule has 0 N–H and O–H groups in total. The predicted molar refractivity (Wildman–Crippen MR) is 135 cm³/mol. The van der Waals surface area contributed by atoms with Crippen LogP contribution in [0.1, 0.15) is 31.1 Å². The van der Waals surface area contributed by atoms with Crippen LogP contribution >= 0.6 is 0 Å². The zero-order chi connectivity index (χ0) is 24.6. The van der Waals surface area contributed by atoms with E-state index >= 15 is 0 Å². The number of nitrogens with zero attached hydrogens (tertiary/aromatic N) is 2. The molecule has 0 fully saturated rings. The number of hydrogen-bond donors (Lipinski definition) is 0. The number of esters is 2. The van der Waals surface area contributed by atoms with Crippen LogP contribution in [0.2, 0.25) is 0 Å². The molecule has 1 aliphatic heterocycles. The van der Waals surface area contributed by atoms with Gasteiger partial charge in [0.2, 0.25) is 0 Å². The second-order valence-electron chi connectivity index (χ2n) is 8.13. The molecule has 6 heteroatoms. The first-order valence-electron chi connectivity index (χ1n) is 11.9. The van der Waals surface area contributed by atoms with Crippen LogP contribution in [-0.2, 0) is 25.6 Å². The van der Waals surface area contributed by atoms with E-state index in [9.17, 15) is 9.59 Å². The number of ether oxygens (including phenoxy) is 2. The highest BCUT2D eigenvalue weighted by Gasteiger charge is 2.41. The lowest BCUT2D eigenvalue weighted by atomic mass is 9.99. The van der Waals surface area contributed by atoms with Gasteiger partial charge in [0.15, 0.2) is 0 Å². The minimum atomic E-state index is -0.528. The van der Waals surface area contributed by atoms with Crippen LogP contribution in [0.25, 0.3) is 0 Å². The number of hydrogen-bond acceptors (Lipinski definition) is 6. The molecule has 0 aliphatic carbocycles. The average molecular weight is 471 g/mol. The first kappa shape index (κ1) is 24.1. The average Bonchev–Trinajstić information content (AvgIpc) is 2.90. The molecule has 6 nitrogen and oxygen atoms in total. The summed E-state index contributed by atoms with van der Waals surface area (Å²) < 4.78 is 10.9. The number of rotatable bonds is 8. The third kappa shape index (κ3) is 5.38. The van der Waals surface area contributed by atoms with Crippen LogP contribution < -0.4 is 4.90 Å². The smallest absolute Gasteiger partial charge is 0.355 e. The van der Waals surface area contributed by atoms with Gasteiger partial charge < -0.3 is 19.3 Å². The van der Waals surface area contributed by atoms with Crippen LogP contribution in [0.15, 0.2) is 102 Å². The van der Waals surface area contributed by atoms with E-state index in [0.717, 1.165) is 16.8 Å². The summed E-state index contributed by atoms with van der Waals surface area (Å²) in [7, 11) is 0. The van der Waals surface area contributed by atoms with Gasteiger partial charge in [-0.15, -0.1) is 0 Å². The molecule has 3 aromatic carbocycles. The van der Waals surface area contributed by atoms with Gasteiger partial charge >= 0.3 is 11.9 Å². The van der Waals surface area contributed by atoms with Gasteiger partial charge in [0.05, 0.1) is 25.3 Å². The highest BCUT2D eigenvalue weighted by molar-refractivity contribution is 6.01. The summed E-state index contributed by atoms with van der Waals surface area (Å²) >= 11 is 0. The van der Waals surface area contributed by atoms with Gasteiger partial charge in [0, 0.05) is 12.2 Å². The van der Waals surface area contributed by atoms with Crippen LogP contribution in [0.4, 0.5) is 5.69 Å². The molecule has 1 atom stereocenters. The molecule has 0 saturated carbocycles. The van der Waals surface area contributed by atoms with Crippen molar-refractivity contribution >= 4 is 17.6 Å². The van der Waals surface area contributed by atoms with Crippen molar-refractivity contribution in [3.8, 4) is 0 Å². The van der Waals surface area contributed by atoms with Crippen LogP contribution in [-0.4, -0.2) is 36.6 Å². The molecule has 0 radical (unpaired) electrons. The van der Waals surface area contributed by atoms with Crippen molar-refractivity contribution in [1.82, 2.24) is 4.90 Å². The van der Waals surface area contributed by atoms with E-state index in [0.29, 0.717) is 6.54 Å². The molecule has 3 aromatic rings. The number of benzene rings is 3. The molecule has 1 aliphatic rings. The molecule has 0 saturated heterocycles. The van der Waals surface area contributed by atoms with E-state index in [1.54, 1.807) is 13.8 Å². The standard InChI is InChI=1S/C29H30N2O4/c1-3-34-28(32)25-21-30(24-18-12-7-13-19-24)27(23-16-10-6-11-17-23)31(26(25)29(33)35-4-2)20-22-14-8-5-9-15-22/h5-19,27H,3-4,20-21H2,1-2H3. The van der Waals surface area contributed by atoms with E-state index in [2.05, 4.69) is 4.90 Å². The maximum absolute atomic E-state index is 13.4. The van der Waals surface area contributed by atoms with Gasteiger partial charge in [-0.2, -0.15) is 0 Å². The van der Waals surface area contributed by atoms with E-state index in [1.807, 2.05) is 95.9 Å². The normalized spacial score (nSPS) is 15.7. The largest absolute Gasteiger partial charge is 0.463 e. The topological polar surface area (TPSA) is 59.1 Å². The summed E-state index contributed by atoms with van der Waals surface area (Å²) in [5.74, 6) is -1.04. The zero-order valence-corrected chi connectivity index (χ0v) is 20.1. The third-order valence-corrected chi connectivity index (χ3v) is 5.86. The molecule has 180 valence electrons. The molecule has 1 unspecified atom stereocenters. The van der Waals surface area contributed by atoms with Crippen molar-refractivity contribution in [3.05, 3.63) is 113 Å². The number of para-hydroxylation sites is 1. The number of carbonyl (C=O) groups excluding carboxylic acids is 2. The Labute approximate surface area is 206 Å². The molecular formula is C29H30N2O4. The first-order chi connectivity index (χ1) is 17.1.